The van der Waals surface area contributed by atoms with Crippen LogP contribution in [0, 0.1) is 12.8 Å². The molecule has 2 aromatic rings. The second-order valence-electron chi connectivity index (χ2n) is 5.74. The highest BCUT2D eigenvalue weighted by Gasteiger charge is 2.34. The van der Waals surface area contributed by atoms with Crippen molar-refractivity contribution < 1.29 is 9.59 Å². The van der Waals surface area contributed by atoms with E-state index < -0.39 is 0 Å². The Bertz CT molecular complexity index is 699. The molecule has 1 aliphatic heterocycles. The summed E-state index contributed by atoms with van der Waals surface area (Å²) in [6.45, 7) is 3.09. The summed E-state index contributed by atoms with van der Waals surface area (Å²) in [6, 6.07) is 10.1. The number of carbonyl (C=O) groups is 2. The van der Waals surface area contributed by atoms with E-state index in [2.05, 4.69) is 22.4 Å². The number of likely N-dealkylation sites (tertiary alicyclic amines) is 1. The predicted octanol–water partition coefficient (Wildman–Crippen LogP) is 2.48. The molecule has 2 amide bonds. The summed E-state index contributed by atoms with van der Waals surface area (Å²) >= 11 is 1.44. The zero-order chi connectivity index (χ0) is 16.2. The normalized spacial score (nSPS) is 17.5. The highest BCUT2D eigenvalue weighted by molar-refractivity contribution is 7.15. The fourth-order valence-electron chi connectivity index (χ4n) is 2.69. The number of benzene rings is 1. The van der Waals surface area contributed by atoms with Gasteiger partial charge in [-0.25, -0.2) is 4.98 Å². The third-order valence-corrected chi connectivity index (χ3v) is 4.78. The smallest absolute Gasteiger partial charge is 0.231 e. The lowest BCUT2D eigenvalue weighted by atomic mass is 10.1. The van der Waals surface area contributed by atoms with E-state index in [1.165, 1.54) is 16.9 Å². The molecule has 0 radical (unpaired) electrons. The number of amides is 2. The number of thiazole rings is 1. The summed E-state index contributed by atoms with van der Waals surface area (Å²) in [6.07, 6.45) is 2.82. The van der Waals surface area contributed by atoms with Gasteiger partial charge in [-0.3, -0.25) is 9.59 Å². The first-order valence-electron chi connectivity index (χ1n) is 7.67. The van der Waals surface area contributed by atoms with Crippen LogP contribution < -0.4 is 5.32 Å². The van der Waals surface area contributed by atoms with Crippen molar-refractivity contribution in [2.24, 2.45) is 5.92 Å². The minimum absolute atomic E-state index is 0.0522. The molecule has 5 nitrogen and oxygen atoms in total. The summed E-state index contributed by atoms with van der Waals surface area (Å²) in [5.41, 5.74) is 1.20. The Morgan fingerprint density at radius 1 is 1.39 bits per heavy atom. The maximum atomic E-state index is 12.3. The van der Waals surface area contributed by atoms with Gasteiger partial charge in [0.15, 0.2) is 5.13 Å². The molecule has 2 heterocycles. The van der Waals surface area contributed by atoms with Crippen molar-refractivity contribution in [3.05, 3.63) is 47.0 Å². The molecule has 0 saturated carbocycles. The molecule has 1 saturated heterocycles. The molecule has 0 bridgehead atoms. The van der Waals surface area contributed by atoms with E-state index in [0.717, 1.165) is 11.3 Å². The number of aryl methyl sites for hydroxylation is 1. The monoisotopic (exact) mass is 329 g/mol. The summed E-state index contributed by atoms with van der Waals surface area (Å²) in [4.78, 5) is 31.3. The third-order valence-electron chi connectivity index (χ3n) is 3.95. The SMILES string of the molecule is Cc1cnc(NC(=O)C2CC(=O)N(CCc3ccccc3)C2)s1. The first kappa shape index (κ1) is 15.7. The largest absolute Gasteiger partial charge is 0.342 e. The Hall–Kier alpha value is -2.21. The van der Waals surface area contributed by atoms with E-state index in [1.807, 2.05) is 25.1 Å². The molecule has 1 aromatic heterocycles. The van der Waals surface area contributed by atoms with E-state index in [0.29, 0.717) is 18.2 Å². The van der Waals surface area contributed by atoms with Gasteiger partial charge in [0, 0.05) is 30.6 Å². The standard InChI is InChI=1S/C17H19N3O2S/c1-12-10-18-17(23-12)19-16(22)14-9-15(21)20(11-14)8-7-13-5-3-2-4-6-13/h2-6,10,14H,7-9,11H2,1H3,(H,18,19,22). The molecule has 6 heteroatoms. The average Bonchev–Trinajstić information content (AvgIpc) is 3.12. The lowest BCUT2D eigenvalue weighted by Gasteiger charge is -2.16. The zero-order valence-electron chi connectivity index (χ0n) is 13.0. The first-order valence-corrected chi connectivity index (χ1v) is 8.48. The van der Waals surface area contributed by atoms with E-state index in [-0.39, 0.29) is 24.2 Å². The Morgan fingerprint density at radius 3 is 2.87 bits per heavy atom. The van der Waals surface area contributed by atoms with Gasteiger partial charge in [0.1, 0.15) is 0 Å². The lowest BCUT2D eigenvalue weighted by molar-refractivity contribution is -0.128. The summed E-state index contributed by atoms with van der Waals surface area (Å²) in [5, 5.41) is 3.41. The number of nitrogens with zero attached hydrogens (tertiary/aromatic N) is 2. The van der Waals surface area contributed by atoms with Crippen molar-refractivity contribution in [2.75, 3.05) is 18.4 Å². The van der Waals surface area contributed by atoms with Gasteiger partial charge >= 0.3 is 0 Å². The van der Waals surface area contributed by atoms with Gasteiger partial charge in [0.25, 0.3) is 0 Å². The van der Waals surface area contributed by atoms with Crippen molar-refractivity contribution in [3.63, 3.8) is 0 Å². The molecular weight excluding hydrogens is 310 g/mol. The summed E-state index contributed by atoms with van der Waals surface area (Å²) in [5.74, 6) is -0.353. The van der Waals surface area contributed by atoms with Gasteiger partial charge < -0.3 is 10.2 Å². The van der Waals surface area contributed by atoms with Crippen LogP contribution in [0.4, 0.5) is 5.13 Å². The average molecular weight is 329 g/mol. The van der Waals surface area contributed by atoms with Gasteiger partial charge in [-0.05, 0) is 18.9 Å². The van der Waals surface area contributed by atoms with Crippen molar-refractivity contribution >= 4 is 28.3 Å². The topological polar surface area (TPSA) is 62.3 Å². The van der Waals surface area contributed by atoms with Gasteiger partial charge in [0.05, 0.1) is 5.92 Å². The fourth-order valence-corrected chi connectivity index (χ4v) is 3.36. The number of hydrogen-bond acceptors (Lipinski definition) is 4. The number of nitrogens with one attached hydrogen (secondary N) is 1. The summed E-state index contributed by atoms with van der Waals surface area (Å²) < 4.78 is 0. The van der Waals surface area contributed by atoms with E-state index in [9.17, 15) is 9.59 Å². The number of carbonyl (C=O) groups excluding carboxylic acids is 2. The van der Waals surface area contributed by atoms with Gasteiger partial charge in [-0.15, -0.1) is 11.3 Å². The lowest BCUT2D eigenvalue weighted by Crippen LogP contribution is -2.29. The van der Waals surface area contributed by atoms with Gasteiger partial charge in [-0.1, -0.05) is 30.3 Å². The highest BCUT2D eigenvalue weighted by atomic mass is 32.1. The molecule has 120 valence electrons. The van der Waals surface area contributed by atoms with Crippen LogP contribution >= 0.6 is 11.3 Å². The van der Waals surface area contributed by atoms with Crippen LogP contribution in [0.2, 0.25) is 0 Å². The quantitative estimate of drug-likeness (QED) is 0.917. The molecule has 23 heavy (non-hydrogen) atoms. The minimum Gasteiger partial charge on any atom is -0.342 e. The van der Waals surface area contributed by atoms with Crippen LogP contribution in [0.5, 0.6) is 0 Å². The van der Waals surface area contributed by atoms with Crippen LogP contribution in [-0.2, 0) is 16.0 Å². The molecular formula is C17H19N3O2S. The number of hydrogen-bond donors (Lipinski definition) is 1. The Balaban J connectivity index is 1.53. The molecule has 1 atom stereocenters. The Morgan fingerprint density at radius 2 is 2.17 bits per heavy atom. The minimum atomic E-state index is -0.289. The van der Waals surface area contributed by atoms with Crippen LogP contribution in [0.15, 0.2) is 36.5 Å². The molecule has 3 rings (SSSR count). The third kappa shape index (κ3) is 3.96. The first-order chi connectivity index (χ1) is 11.1. The Kier molecular flexibility index (Phi) is 4.71. The predicted molar refractivity (Wildman–Crippen MR) is 90.3 cm³/mol. The molecule has 1 aliphatic rings. The summed E-state index contributed by atoms with van der Waals surface area (Å²) in [7, 11) is 0. The van der Waals surface area contributed by atoms with Crippen molar-refractivity contribution in [2.45, 2.75) is 19.8 Å². The van der Waals surface area contributed by atoms with E-state index in [4.69, 9.17) is 0 Å². The van der Waals surface area contributed by atoms with Crippen LogP contribution in [-0.4, -0.2) is 34.8 Å². The number of rotatable bonds is 5. The number of anilines is 1. The molecule has 1 aromatic carbocycles. The van der Waals surface area contributed by atoms with E-state index in [1.54, 1.807) is 11.1 Å². The second-order valence-corrected chi connectivity index (χ2v) is 6.98. The van der Waals surface area contributed by atoms with Gasteiger partial charge in [-0.2, -0.15) is 0 Å². The number of aromatic nitrogens is 1. The van der Waals surface area contributed by atoms with Gasteiger partial charge in [0.2, 0.25) is 11.8 Å². The molecule has 1 N–H and O–H groups in total. The van der Waals surface area contributed by atoms with Crippen molar-refractivity contribution in [1.29, 1.82) is 0 Å². The van der Waals surface area contributed by atoms with Crippen molar-refractivity contribution in [1.82, 2.24) is 9.88 Å². The molecule has 0 spiro atoms. The second kappa shape index (κ2) is 6.91. The zero-order valence-corrected chi connectivity index (χ0v) is 13.8. The van der Waals surface area contributed by atoms with Crippen LogP contribution in [0.3, 0.4) is 0 Å². The van der Waals surface area contributed by atoms with E-state index >= 15 is 0 Å². The highest BCUT2D eigenvalue weighted by Crippen LogP contribution is 2.22. The maximum absolute atomic E-state index is 12.3. The molecule has 0 aliphatic carbocycles. The molecule has 1 fully saturated rings. The van der Waals surface area contributed by atoms with Crippen LogP contribution in [0.25, 0.3) is 0 Å². The van der Waals surface area contributed by atoms with Crippen molar-refractivity contribution in [3.8, 4) is 0 Å². The molecule has 1 unspecified atom stereocenters. The fraction of sp³-hybridized carbons (Fsp3) is 0.353. The Labute approximate surface area is 139 Å². The van der Waals surface area contributed by atoms with Crippen LogP contribution in [0.1, 0.15) is 16.9 Å². The maximum Gasteiger partial charge on any atom is 0.231 e.